The number of hydrogen-bond acceptors (Lipinski definition) is 6. The SMILES string of the molecule is CCOCCNCc1ccc(OCc2c(C)noc2C)c(OC)c1. The van der Waals surface area contributed by atoms with Gasteiger partial charge in [-0.1, -0.05) is 11.2 Å². The molecule has 24 heavy (non-hydrogen) atoms. The first kappa shape index (κ1) is 18.3. The Kier molecular flexibility index (Phi) is 7.08. The Bertz CT molecular complexity index is 620. The van der Waals surface area contributed by atoms with Gasteiger partial charge in [-0.15, -0.1) is 0 Å². The van der Waals surface area contributed by atoms with Crippen molar-refractivity contribution < 1.29 is 18.7 Å². The number of nitrogens with zero attached hydrogens (tertiary/aromatic N) is 1. The Morgan fingerprint density at radius 3 is 2.71 bits per heavy atom. The first-order chi connectivity index (χ1) is 11.7. The first-order valence-corrected chi connectivity index (χ1v) is 8.15. The van der Waals surface area contributed by atoms with Gasteiger partial charge in [-0.25, -0.2) is 0 Å². The van der Waals surface area contributed by atoms with Crippen LogP contribution in [-0.2, 0) is 17.9 Å². The van der Waals surface area contributed by atoms with Crippen molar-refractivity contribution in [2.75, 3.05) is 26.9 Å². The van der Waals surface area contributed by atoms with E-state index in [1.54, 1.807) is 7.11 Å². The molecule has 132 valence electrons. The molecule has 0 saturated heterocycles. The summed E-state index contributed by atoms with van der Waals surface area (Å²) in [6.07, 6.45) is 0. The third-order valence-corrected chi connectivity index (χ3v) is 3.74. The lowest BCUT2D eigenvalue weighted by Crippen LogP contribution is -2.19. The number of aromatic nitrogens is 1. The molecule has 0 aliphatic heterocycles. The molecule has 0 amide bonds. The van der Waals surface area contributed by atoms with Crippen LogP contribution in [0.4, 0.5) is 0 Å². The van der Waals surface area contributed by atoms with E-state index in [4.69, 9.17) is 18.7 Å². The molecular formula is C18H26N2O4. The van der Waals surface area contributed by atoms with Gasteiger partial charge in [0.2, 0.25) is 0 Å². The van der Waals surface area contributed by atoms with E-state index in [2.05, 4.69) is 10.5 Å². The van der Waals surface area contributed by atoms with Gasteiger partial charge < -0.3 is 24.1 Å². The molecule has 1 aromatic heterocycles. The maximum atomic E-state index is 5.88. The molecule has 1 N–H and O–H groups in total. The molecule has 2 rings (SSSR count). The van der Waals surface area contributed by atoms with Crippen LogP contribution in [0.25, 0.3) is 0 Å². The van der Waals surface area contributed by atoms with Crippen LogP contribution >= 0.6 is 0 Å². The molecule has 6 heteroatoms. The van der Waals surface area contributed by atoms with Crippen molar-refractivity contribution in [3.8, 4) is 11.5 Å². The molecule has 0 unspecified atom stereocenters. The van der Waals surface area contributed by atoms with Crippen LogP contribution in [0.3, 0.4) is 0 Å². The third kappa shape index (κ3) is 4.97. The Labute approximate surface area is 143 Å². The second-order valence-electron chi connectivity index (χ2n) is 5.45. The quantitative estimate of drug-likeness (QED) is 0.674. The summed E-state index contributed by atoms with van der Waals surface area (Å²) in [4.78, 5) is 0. The lowest BCUT2D eigenvalue weighted by molar-refractivity contribution is 0.149. The summed E-state index contributed by atoms with van der Waals surface area (Å²) in [6, 6.07) is 5.94. The second-order valence-corrected chi connectivity index (χ2v) is 5.45. The molecule has 1 heterocycles. The summed E-state index contributed by atoms with van der Waals surface area (Å²) >= 11 is 0. The van der Waals surface area contributed by atoms with Gasteiger partial charge in [0.25, 0.3) is 0 Å². The molecule has 2 aromatic rings. The van der Waals surface area contributed by atoms with Gasteiger partial charge in [-0.2, -0.15) is 0 Å². The fourth-order valence-corrected chi connectivity index (χ4v) is 2.32. The van der Waals surface area contributed by atoms with E-state index in [0.717, 1.165) is 42.3 Å². The van der Waals surface area contributed by atoms with Crippen LogP contribution in [0, 0.1) is 13.8 Å². The number of hydrogen-bond donors (Lipinski definition) is 1. The number of methoxy groups -OCH3 is 1. The van der Waals surface area contributed by atoms with Crippen LogP contribution in [0.2, 0.25) is 0 Å². The van der Waals surface area contributed by atoms with Crippen LogP contribution in [0.1, 0.15) is 29.5 Å². The molecule has 0 atom stereocenters. The third-order valence-electron chi connectivity index (χ3n) is 3.74. The maximum Gasteiger partial charge on any atom is 0.161 e. The van der Waals surface area contributed by atoms with E-state index >= 15 is 0 Å². The largest absolute Gasteiger partial charge is 0.493 e. The summed E-state index contributed by atoms with van der Waals surface area (Å²) in [5, 5.41) is 7.27. The highest BCUT2D eigenvalue weighted by atomic mass is 16.5. The van der Waals surface area contributed by atoms with Gasteiger partial charge in [0, 0.05) is 19.7 Å². The highest BCUT2D eigenvalue weighted by molar-refractivity contribution is 5.43. The van der Waals surface area contributed by atoms with Crippen molar-refractivity contribution in [3.05, 3.63) is 40.8 Å². The average molecular weight is 334 g/mol. The van der Waals surface area contributed by atoms with Crippen LogP contribution < -0.4 is 14.8 Å². The van der Waals surface area contributed by atoms with Crippen molar-refractivity contribution in [2.45, 2.75) is 33.9 Å². The Morgan fingerprint density at radius 2 is 2.04 bits per heavy atom. The van der Waals surface area contributed by atoms with Gasteiger partial charge in [0.1, 0.15) is 12.4 Å². The molecule has 0 fully saturated rings. The van der Waals surface area contributed by atoms with Crippen molar-refractivity contribution in [3.63, 3.8) is 0 Å². The molecule has 6 nitrogen and oxygen atoms in total. The Morgan fingerprint density at radius 1 is 1.21 bits per heavy atom. The summed E-state index contributed by atoms with van der Waals surface area (Å²) in [5.41, 5.74) is 2.95. The van der Waals surface area contributed by atoms with Gasteiger partial charge in [0.05, 0.1) is 25.0 Å². The monoisotopic (exact) mass is 334 g/mol. The lowest BCUT2D eigenvalue weighted by Gasteiger charge is -2.12. The molecule has 1 aromatic carbocycles. The molecule has 0 aliphatic carbocycles. The highest BCUT2D eigenvalue weighted by Gasteiger charge is 2.12. The minimum Gasteiger partial charge on any atom is -0.493 e. The molecule has 0 bridgehead atoms. The van der Waals surface area contributed by atoms with Gasteiger partial charge in [0.15, 0.2) is 11.5 Å². The van der Waals surface area contributed by atoms with Gasteiger partial charge in [-0.3, -0.25) is 0 Å². The first-order valence-electron chi connectivity index (χ1n) is 8.15. The highest BCUT2D eigenvalue weighted by Crippen LogP contribution is 2.29. The van der Waals surface area contributed by atoms with E-state index in [9.17, 15) is 0 Å². The minimum absolute atomic E-state index is 0.406. The smallest absolute Gasteiger partial charge is 0.161 e. The number of ether oxygens (including phenoxy) is 3. The molecule has 0 saturated carbocycles. The predicted molar refractivity (Wildman–Crippen MR) is 91.5 cm³/mol. The number of rotatable bonds is 10. The topological polar surface area (TPSA) is 65.8 Å². The van der Waals surface area contributed by atoms with Crippen LogP contribution in [0.15, 0.2) is 22.7 Å². The number of benzene rings is 1. The van der Waals surface area contributed by atoms with E-state index < -0.39 is 0 Å². The zero-order valence-electron chi connectivity index (χ0n) is 14.8. The van der Waals surface area contributed by atoms with E-state index in [0.29, 0.717) is 24.7 Å². The van der Waals surface area contributed by atoms with E-state index in [1.807, 2.05) is 39.0 Å². The second kappa shape index (κ2) is 9.30. The predicted octanol–water partition coefficient (Wildman–Crippen LogP) is 3.01. The fourth-order valence-electron chi connectivity index (χ4n) is 2.32. The molecular weight excluding hydrogens is 308 g/mol. The zero-order valence-corrected chi connectivity index (χ0v) is 14.8. The summed E-state index contributed by atoms with van der Waals surface area (Å²) in [7, 11) is 1.64. The summed E-state index contributed by atoms with van der Waals surface area (Å²) < 4.78 is 21.8. The minimum atomic E-state index is 0.406. The molecule has 0 aliphatic rings. The van der Waals surface area contributed by atoms with Gasteiger partial charge in [-0.05, 0) is 38.5 Å². The number of aryl methyl sites for hydroxylation is 2. The average Bonchev–Trinajstić information content (AvgIpc) is 2.91. The molecule has 0 radical (unpaired) electrons. The van der Waals surface area contributed by atoms with Crippen molar-refractivity contribution in [1.82, 2.24) is 10.5 Å². The maximum absolute atomic E-state index is 5.88. The lowest BCUT2D eigenvalue weighted by atomic mass is 10.2. The summed E-state index contributed by atoms with van der Waals surface area (Å²) in [6.45, 7) is 9.22. The standard InChI is InChI=1S/C18H26N2O4/c1-5-22-9-8-19-11-15-6-7-17(18(10-15)21-4)23-12-16-13(2)20-24-14(16)3/h6-7,10,19H,5,8-9,11-12H2,1-4H3. The Hall–Kier alpha value is -2.05. The zero-order chi connectivity index (χ0) is 17.4. The van der Waals surface area contributed by atoms with Crippen LogP contribution in [-0.4, -0.2) is 32.0 Å². The Balaban J connectivity index is 1.93. The van der Waals surface area contributed by atoms with Gasteiger partial charge >= 0.3 is 0 Å². The summed E-state index contributed by atoms with van der Waals surface area (Å²) in [5.74, 6) is 2.20. The molecule has 0 spiro atoms. The van der Waals surface area contributed by atoms with E-state index in [-0.39, 0.29) is 0 Å². The van der Waals surface area contributed by atoms with Crippen molar-refractivity contribution in [2.24, 2.45) is 0 Å². The van der Waals surface area contributed by atoms with Crippen molar-refractivity contribution >= 4 is 0 Å². The van der Waals surface area contributed by atoms with Crippen LogP contribution in [0.5, 0.6) is 11.5 Å². The fraction of sp³-hybridized carbons (Fsp3) is 0.500. The number of nitrogens with one attached hydrogen (secondary N) is 1. The van der Waals surface area contributed by atoms with E-state index in [1.165, 1.54) is 0 Å². The van der Waals surface area contributed by atoms with Crippen molar-refractivity contribution in [1.29, 1.82) is 0 Å². The normalized spacial score (nSPS) is 10.8.